The van der Waals surface area contributed by atoms with E-state index < -0.39 is 0 Å². The highest BCUT2D eigenvalue weighted by molar-refractivity contribution is 7.17. The molecular weight excluding hydrogens is 220 g/mol. The highest BCUT2D eigenvalue weighted by atomic mass is 32.1. The molecule has 16 heavy (non-hydrogen) atoms. The van der Waals surface area contributed by atoms with Gasteiger partial charge in [0, 0.05) is 29.6 Å². The number of ketones is 1. The largest absolute Gasteiger partial charge is 0.293 e. The first-order valence-corrected chi connectivity index (χ1v) is 6.02. The van der Waals surface area contributed by atoms with Gasteiger partial charge in [-0.2, -0.15) is 5.10 Å². The number of carbonyl (C=O) groups excluding carboxylic acids is 1. The van der Waals surface area contributed by atoms with Crippen LogP contribution in [0, 0.1) is 5.92 Å². The molecule has 0 atom stereocenters. The van der Waals surface area contributed by atoms with Gasteiger partial charge in [0.25, 0.3) is 0 Å². The third kappa shape index (κ3) is 2.07. The molecule has 0 bridgehead atoms. The minimum atomic E-state index is 0.0559. The minimum Gasteiger partial charge on any atom is -0.293 e. The second kappa shape index (κ2) is 4.22. The molecule has 0 saturated carbocycles. The number of nitrogens with zero attached hydrogens (tertiary/aromatic N) is 2. The number of aryl methyl sites for hydroxylation is 1. The molecule has 0 unspecified atom stereocenters. The molecule has 2 heterocycles. The monoisotopic (exact) mass is 234 g/mol. The van der Waals surface area contributed by atoms with Crippen LogP contribution in [0.2, 0.25) is 0 Å². The van der Waals surface area contributed by atoms with Crippen molar-refractivity contribution in [3.05, 3.63) is 29.4 Å². The molecule has 2 aromatic rings. The first-order chi connectivity index (χ1) is 7.58. The van der Waals surface area contributed by atoms with E-state index >= 15 is 0 Å². The van der Waals surface area contributed by atoms with Crippen LogP contribution >= 0.6 is 11.3 Å². The molecule has 4 heteroatoms. The summed E-state index contributed by atoms with van der Waals surface area (Å²) >= 11 is 1.53. The molecule has 2 rings (SSSR count). The van der Waals surface area contributed by atoms with E-state index in [2.05, 4.69) is 5.10 Å². The number of Topliss-reactive ketones (excluding diaryl/α,β-unsaturated/α-hetero) is 1. The summed E-state index contributed by atoms with van der Waals surface area (Å²) in [6, 6.07) is 3.88. The van der Waals surface area contributed by atoms with Gasteiger partial charge in [-0.05, 0) is 12.1 Å². The second-order valence-electron chi connectivity index (χ2n) is 4.09. The van der Waals surface area contributed by atoms with Crippen LogP contribution in [0.4, 0.5) is 0 Å². The number of hydrogen-bond donors (Lipinski definition) is 0. The quantitative estimate of drug-likeness (QED) is 0.765. The van der Waals surface area contributed by atoms with Crippen LogP contribution in [0.5, 0.6) is 0 Å². The molecule has 2 aromatic heterocycles. The molecule has 0 N–H and O–H groups in total. The van der Waals surface area contributed by atoms with Gasteiger partial charge in [0.1, 0.15) is 0 Å². The number of hydrogen-bond acceptors (Lipinski definition) is 3. The van der Waals surface area contributed by atoms with E-state index in [4.69, 9.17) is 0 Å². The molecule has 3 nitrogen and oxygen atoms in total. The lowest BCUT2D eigenvalue weighted by molar-refractivity contribution is 0.0943. The van der Waals surface area contributed by atoms with Crippen LogP contribution in [0.1, 0.15) is 23.5 Å². The van der Waals surface area contributed by atoms with Crippen molar-refractivity contribution >= 4 is 17.1 Å². The Kier molecular flexibility index (Phi) is 2.92. The van der Waals surface area contributed by atoms with Gasteiger partial charge in [0.15, 0.2) is 5.78 Å². The molecule has 0 amide bonds. The summed E-state index contributed by atoms with van der Waals surface area (Å²) in [6.45, 7) is 3.84. The molecule has 0 fully saturated rings. The summed E-state index contributed by atoms with van der Waals surface area (Å²) in [5.74, 6) is 0.264. The zero-order valence-corrected chi connectivity index (χ0v) is 10.4. The maximum absolute atomic E-state index is 11.8. The van der Waals surface area contributed by atoms with Gasteiger partial charge in [-0.1, -0.05) is 13.8 Å². The fourth-order valence-corrected chi connectivity index (χ4v) is 2.53. The fraction of sp³-hybridized carbons (Fsp3) is 0.333. The highest BCUT2D eigenvalue weighted by Gasteiger charge is 2.13. The van der Waals surface area contributed by atoms with E-state index in [0.29, 0.717) is 0 Å². The van der Waals surface area contributed by atoms with Crippen molar-refractivity contribution in [2.24, 2.45) is 13.0 Å². The van der Waals surface area contributed by atoms with E-state index in [0.717, 1.165) is 15.3 Å². The maximum Gasteiger partial charge on any atom is 0.175 e. The average molecular weight is 234 g/mol. The zero-order chi connectivity index (χ0) is 11.7. The van der Waals surface area contributed by atoms with Gasteiger partial charge in [-0.25, -0.2) is 0 Å². The molecule has 0 saturated heterocycles. The van der Waals surface area contributed by atoms with Gasteiger partial charge in [0.05, 0.1) is 11.1 Å². The Morgan fingerprint density at radius 3 is 2.75 bits per heavy atom. The van der Waals surface area contributed by atoms with E-state index in [9.17, 15) is 4.79 Å². The fourth-order valence-electron chi connectivity index (χ4n) is 1.46. The Hall–Kier alpha value is -1.42. The van der Waals surface area contributed by atoms with Crippen LogP contribution in [0.3, 0.4) is 0 Å². The molecule has 0 aliphatic carbocycles. The van der Waals surface area contributed by atoms with Crippen molar-refractivity contribution in [2.75, 3.05) is 0 Å². The van der Waals surface area contributed by atoms with E-state index in [1.807, 2.05) is 45.4 Å². The van der Waals surface area contributed by atoms with Crippen LogP contribution in [-0.4, -0.2) is 15.6 Å². The Labute approximate surface area is 98.7 Å². The molecule has 0 aliphatic heterocycles. The third-order valence-electron chi connectivity index (χ3n) is 2.36. The topological polar surface area (TPSA) is 34.9 Å². The van der Waals surface area contributed by atoms with Crippen LogP contribution < -0.4 is 0 Å². The van der Waals surface area contributed by atoms with Crippen molar-refractivity contribution in [3.8, 4) is 10.4 Å². The van der Waals surface area contributed by atoms with Gasteiger partial charge in [0.2, 0.25) is 0 Å². The van der Waals surface area contributed by atoms with Crippen LogP contribution in [0.15, 0.2) is 24.5 Å². The second-order valence-corrected chi connectivity index (χ2v) is 5.17. The molecule has 0 spiro atoms. The van der Waals surface area contributed by atoms with Gasteiger partial charge in [-0.15, -0.1) is 11.3 Å². The van der Waals surface area contributed by atoms with Gasteiger partial charge in [-0.3, -0.25) is 9.48 Å². The summed E-state index contributed by atoms with van der Waals surface area (Å²) in [5.41, 5.74) is 1.07. The summed E-state index contributed by atoms with van der Waals surface area (Å²) in [6.07, 6.45) is 3.77. The number of aromatic nitrogens is 2. The van der Waals surface area contributed by atoms with E-state index in [-0.39, 0.29) is 11.7 Å². The van der Waals surface area contributed by atoms with E-state index in [1.54, 1.807) is 4.68 Å². The summed E-state index contributed by atoms with van der Waals surface area (Å²) in [7, 11) is 1.89. The normalized spacial score (nSPS) is 11.0. The average Bonchev–Trinajstić information content (AvgIpc) is 2.84. The van der Waals surface area contributed by atoms with Crippen molar-refractivity contribution in [3.63, 3.8) is 0 Å². The predicted octanol–water partition coefficient (Wildman–Crippen LogP) is 2.99. The lowest BCUT2D eigenvalue weighted by Gasteiger charge is -1.98. The Morgan fingerprint density at radius 1 is 1.44 bits per heavy atom. The summed E-state index contributed by atoms with van der Waals surface area (Å²) < 4.78 is 1.76. The molecule has 0 radical (unpaired) electrons. The first kappa shape index (κ1) is 11.1. The molecule has 84 valence electrons. The SMILES string of the molecule is CC(C)C(=O)c1ccc(-c2cnn(C)c2)s1. The first-order valence-electron chi connectivity index (χ1n) is 5.21. The highest BCUT2D eigenvalue weighted by Crippen LogP contribution is 2.28. The maximum atomic E-state index is 11.8. The lowest BCUT2D eigenvalue weighted by atomic mass is 10.1. The molecular formula is C12H14N2OS. The van der Waals surface area contributed by atoms with Crippen molar-refractivity contribution in [1.29, 1.82) is 0 Å². The Balaban J connectivity index is 2.29. The van der Waals surface area contributed by atoms with Gasteiger partial charge >= 0.3 is 0 Å². The smallest absolute Gasteiger partial charge is 0.175 e. The number of carbonyl (C=O) groups is 1. The van der Waals surface area contributed by atoms with Crippen molar-refractivity contribution in [1.82, 2.24) is 9.78 Å². The minimum absolute atomic E-state index is 0.0559. The van der Waals surface area contributed by atoms with Crippen LogP contribution in [0.25, 0.3) is 10.4 Å². The Morgan fingerprint density at radius 2 is 2.19 bits per heavy atom. The summed E-state index contributed by atoms with van der Waals surface area (Å²) in [5, 5.41) is 4.12. The lowest BCUT2D eigenvalue weighted by Crippen LogP contribution is -2.04. The Bertz CT molecular complexity index is 511. The molecule has 0 aliphatic rings. The standard InChI is InChI=1S/C12H14N2OS/c1-8(2)12(15)11-5-4-10(16-11)9-6-13-14(3)7-9/h4-8H,1-3H3. The predicted molar refractivity (Wildman–Crippen MR) is 65.7 cm³/mol. The number of thiophene rings is 1. The van der Waals surface area contributed by atoms with E-state index in [1.165, 1.54) is 11.3 Å². The zero-order valence-electron chi connectivity index (χ0n) is 9.60. The van der Waals surface area contributed by atoms with Crippen molar-refractivity contribution < 1.29 is 4.79 Å². The van der Waals surface area contributed by atoms with Gasteiger partial charge < -0.3 is 0 Å². The molecule has 0 aromatic carbocycles. The van der Waals surface area contributed by atoms with Crippen LogP contribution in [-0.2, 0) is 7.05 Å². The third-order valence-corrected chi connectivity index (χ3v) is 3.51. The summed E-state index contributed by atoms with van der Waals surface area (Å²) in [4.78, 5) is 13.7. The number of rotatable bonds is 3. The van der Waals surface area contributed by atoms with Crippen molar-refractivity contribution in [2.45, 2.75) is 13.8 Å².